The first kappa shape index (κ1) is 51.6. The van der Waals surface area contributed by atoms with Crippen molar-refractivity contribution < 1.29 is 0 Å². The van der Waals surface area contributed by atoms with E-state index < -0.39 is 0 Å². The lowest BCUT2D eigenvalue weighted by molar-refractivity contribution is 0.123. The molecule has 2 aliphatic heterocycles. The van der Waals surface area contributed by atoms with Crippen LogP contribution in [0.5, 0.6) is 0 Å². The van der Waals surface area contributed by atoms with Crippen LogP contribution in [0.2, 0.25) is 0 Å². The van der Waals surface area contributed by atoms with Crippen molar-refractivity contribution in [3.63, 3.8) is 0 Å². The second kappa shape index (κ2) is 17.1. The van der Waals surface area contributed by atoms with Crippen LogP contribution in [-0.2, 0) is 33.5 Å². The summed E-state index contributed by atoms with van der Waals surface area (Å²) in [7, 11) is 0. The molecule has 0 radical (unpaired) electrons. The maximum Gasteiger partial charge on any atom is 0.264 e. The minimum absolute atomic E-state index is 0.0345. The van der Waals surface area contributed by atoms with E-state index in [1.165, 1.54) is 138 Å². The molecule has 1 atom stereocenters. The number of benzene rings is 6. The van der Waals surface area contributed by atoms with Gasteiger partial charge in [-0.2, -0.15) is 0 Å². The summed E-state index contributed by atoms with van der Waals surface area (Å²) in [5, 5.41) is 0. The van der Waals surface area contributed by atoms with Gasteiger partial charge in [-0.25, -0.2) is 0 Å². The van der Waals surface area contributed by atoms with Gasteiger partial charge in [0.05, 0.1) is 5.69 Å². The van der Waals surface area contributed by atoms with Crippen LogP contribution in [0.3, 0.4) is 0 Å². The summed E-state index contributed by atoms with van der Waals surface area (Å²) in [5.41, 5.74) is 26.7. The van der Waals surface area contributed by atoms with Crippen molar-refractivity contribution in [1.29, 1.82) is 0 Å². The lowest BCUT2D eigenvalue weighted by Crippen LogP contribution is -2.60. The Balaban J connectivity index is 1.12. The van der Waals surface area contributed by atoms with Crippen LogP contribution in [0, 0.1) is 23.7 Å². The van der Waals surface area contributed by atoms with E-state index in [0.717, 1.165) is 12.1 Å². The smallest absolute Gasteiger partial charge is 0.264 e. The second-order valence-electron chi connectivity index (χ2n) is 29.9. The van der Waals surface area contributed by atoms with Gasteiger partial charge in [0.2, 0.25) is 0 Å². The first-order valence-electron chi connectivity index (χ1n) is 29.7. The minimum atomic E-state index is -0.0790. The molecule has 1 aromatic heterocycles. The Morgan fingerprint density at radius 1 is 0.538 bits per heavy atom. The van der Waals surface area contributed by atoms with Gasteiger partial charge in [-0.1, -0.05) is 164 Å². The number of nitrogens with zero attached hydrogens (tertiary/aromatic N) is 3. The Morgan fingerprint density at radius 2 is 1.09 bits per heavy atom. The third-order valence-electron chi connectivity index (χ3n) is 20.7. The van der Waals surface area contributed by atoms with Crippen LogP contribution in [-0.4, -0.2) is 6.71 Å². The van der Waals surface area contributed by atoms with E-state index in [0.29, 0.717) is 5.92 Å². The number of anilines is 9. The highest BCUT2D eigenvalue weighted by atomic mass is 32.1. The van der Waals surface area contributed by atoms with Crippen LogP contribution < -0.4 is 30.4 Å². The molecule has 0 bridgehead atoms. The number of hydrogen-bond acceptors (Lipinski definition) is 4. The fourth-order valence-corrected chi connectivity index (χ4v) is 17.0. The highest BCUT2D eigenvalue weighted by molar-refractivity contribution is 7.29. The summed E-state index contributed by atoms with van der Waals surface area (Å²) >= 11 is 2.10. The van der Waals surface area contributed by atoms with Gasteiger partial charge in [0.1, 0.15) is 0 Å². The highest BCUT2D eigenvalue weighted by Crippen LogP contribution is 2.60. The molecule has 0 N–H and O–H groups in total. The van der Waals surface area contributed by atoms with Gasteiger partial charge >= 0.3 is 0 Å². The molecule has 0 saturated heterocycles. The molecule has 78 heavy (non-hydrogen) atoms. The van der Waals surface area contributed by atoms with Gasteiger partial charge in [-0.05, 0) is 218 Å². The molecular weight excluding hydrogens is 962 g/mol. The number of fused-ring (bicyclic) bond motifs is 9. The molecule has 7 aromatic rings. The Bertz CT molecular complexity index is 3650. The molecule has 4 aliphatic carbocycles. The molecule has 3 heterocycles. The van der Waals surface area contributed by atoms with Gasteiger partial charge in [0, 0.05) is 55.2 Å². The summed E-state index contributed by atoms with van der Waals surface area (Å²) in [6, 6.07) is 48.1. The summed E-state index contributed by atoms with van der Waals surface area (Å²) < 4.78 is 1.49. The molecule has 1 fully saturated rings. The number of thiophene rings is 1. The van der Waals surface area contributed by atoms with Crippen molar-refractivity contribution >= 4 is 91.0 Å². The maximum atomic E-state index is 2.79. The highest BCUT2D eigenvalue weighted by Gasteiger charge is 2.51. The lowest BCUT2D eigenvalue weighted by atomic mass is 9.36. The maximum absolute atomic E-state index is 2.79. The number of rotatable bonds is 5. The van der Waals surface area contributed by atoms with E-state index in [9.17, 15) is 0 Å². The molecule has 1 saturated carbocycles. The van der Waals surface area contributed by atoms with E-state index in [1.807, 2.05) is 0 Å². The molecule has 0 amide bonds. The number of hydrogen-bond donors (Lipinski definition) is 0. The molecule has 5 heteroatoms. The Labute approximate surface area is 473 Å². The molecular formula is C73H84BN3S. The van der Waals surface area contributed by atoms with Crippen LogP contribution in [0.4, 0.5) is 51.2 Å². The first-order valence-corrected chi connectivity index (χ1v) is 30.5. The largest absolute Gasteiger partial charge is 0.311 e. The zero-order chi connectivity index (χ0) is 55.0. The average Bonchev–Trinajstić information content (AvgIpc) is 3.31. The molecule has 13 rings (SSSR count). The SMILES string of the molecule is Cc1cc2c3c(c1)N(c1ccc4c(c1)C(C)(C)CCC4(C)C)c1c(sc4c1CC1C(=C4)C(C)(C)CCC1(C)C)B3c1ccc(N(c3ccccc3)c3ccccc3C(C)(C)C)cc1N2c1ccc2c(c1)C(C)(C)CCC2(C)C. The van der Waals surface area contributed by atoms with E-state index in [-0.39, 0.29) is 44.6 Å². The van der Waals surface area contributed by atoms with Crippen LogP contribution in [0.25, 0.3) is 6.08 Å². The van der Waals surface area contributed by atoms with E-state index in [2.05, 4.69) is 264 Å². The van der Waals surface area contributed by atoms with E-state index in [1.54, 1.807) is 11.1 Å². The fraction of sp³-hybridized carbons (Fsp3) is 0.425. The molecule has 400 valence electrons. The summed E-state index contributed by atoms with van der Waals surface area (Å²) in [6.45, 7) is 39.4. The van der Waals surface area contributed by atoms with E-state index >= 15 is 0 Å². The molecule has 3 nitrogen and oxygen atoms in total. The molecule has 6 aliphatic rings. The monoisotopic (exact) mass is 1050 g/mol. The Kier molecular flexibility index (Phi) is 11.3. The van der Waals surface area contributed by atoms with Gasteiger partial charge in [-0.3, -0.25) is 0 Å². The first-order chi connectivity index (χ1) is 36.7. The predicted octanol–water partition coefficient (Wildman–Crippen LogP) is 19.0. The normalized spacial score (nSPS) is 21.2. The van der Waals surface area contributed by atoms with Crippen LogP contribution >= 0.6 is 11.3 Å². The molecule has 1 unspecified atom stereocenters. The van der Waals surface area contributed by atoms with Crippen LogP contribution in [0.1, 0.15) is 186 Å². The standard InChI is InChI=1S/C73H84BN3S/c1-45-38-61-64-62(39-45)77(48-27-30-52-55(41-48)71(11,12)35-33-69(52,7)8)65-50-43-56-57(73(15,16)37-36-72(56,13)14)44-63(50)78-66(65)74(64)58-31-28-49(75(46-22-18-17-19-23-46)59-25-21-20-24-53(59)67(2,3)4)42-60(58)76(61)47-26-29-51-54(40-47)70(9,10)34-32-68(51,5)6/h17-31,38-42,44,56H,32-37,43H2,1-16H3. The Hall–Kier alpha value is -5.78. The van der Waals surface area contributed by atoms with Gasteiger partial charge < -0.3 is 14.7 Å². The quantitative estimate of drug-likeness (QED) is 0.159. The summed E-state index contributed by atoms with van der Waals surface area (Å²) in [4.78, 5) is 9.50. The Morgan fingerprint density at radius 3 is 1.71 bits per heavy atom. The molecule has 0 spiro atoms. The van der Waals surface area contributed by atoms with Gasteiger partial charge in [-0.15, -0.1) is 11.3 Å². The van der Waals surface area contributed by atoms with Gasteiger partial charge in [0.25, 0.3) is 6.71 Å². The minimum Gasteiger partial charge on any atom is -0.311 e. The number of allylic oxidation sites excluding steroid dienone is 1. The van der Waals surface area contributed by atoms with Crippen molar-refractivity contribution in [2.45, 2.75) is 183 Å². The summed E-state index contributed by atoms with van der Waals surface area (Å²) in [6.07, 6.45) is 11.0. The number of para-hydroxylation sites is 2. The predicted molar refractivity (Wildman–Crippen MR) is 339 cm³/mol. The summed E-state index contributed by atoms with van der Waals surface area (Å²) in [5.74, 6) is 0.488. The second-order valence-corrected chi connectivity index (χ2v) is 31.0. The zero-order valence-corrected chi connectivity index (χ0v) is 50.8. The lowest BCUT2D eigenvalue weighted by Gasteiger charge is -2.50. The van der Waals surface area contributed by atoms with Gasteiger partial charge in [0.15, 0.2) is 0 Å². The zero-order valence-electron chi connectivity index (χ0n) is 50.0. The third-order valence-corrected chi connectivity index (χ3v) is 22.0. The number of aryl methyl sites for hydroxylation is 1. The van der Waals surface area contributed by atoms with Crippen molar-refractivity contribution in [2.24, 2.45) is 16.7 Å². The molecule has 6 aromatic carbocycles. The van der Waals surface area contributed by atoms with Crippen molar-refractivity contribution in [1.82, 2.24) is 0 Å². The van der Waals surface area contributed by atoms with Crippen molar-refractivity contribution in [3.05, 3.63) is 171 Å². The van der Waals surface area contributed by atoms with Crippen molar-refractivity contribution in [2.75, 3.05) is 14.7 Å². The van der Waals surface area contributed by atoms with Crippen LogP contribution in [0.15, 0.2) is 127 Å². The topological polar surface area (TPSA) is 9.72 Å². The van der Waals surface area contributed by atoms with Crippen molar-refractivity contribution in [3.8, 4) is 0 Å². The van der Waals surface area contributed by atoms with E-state index in [4.69, 9.17) is 0 Å². The average molecular weight is 1050 g/mol. The third kappa shape index (κ3) is 7.84. The fourth-order valence-electron chi connectivity index (χ4n) is 15.6.